The molecule has 1 N–H and O–H groups in total. The molecule has 0 spiro atoms. The molecule has 20 heavy (non-hydrogen) atoms. The van der Waals surface area contributed by atoms with Crippen LogP contribution in [0.4, 0.5) is 0 Å². The van der Waals surface area contributed by atoms with Crippen LogP contribution in [0.5, 0.6) is 0 Å². The highest BCUT2D eigenvalue weighted by Crippen LogP contribution is 2.23. The van der Waals surface area contributed by atoms with Crippen LogP contribution < -0.4 is 0 Å². The maximum absolute atomic E-state index is 9.06. The van der Waals surface area contributed by atoms with Crippen LogP contribution >= 0.6 is 0 Å². The summed E-state index contributed by atoms with van der Waals surface area (Å²) in [6.45, 7) is 5.40. The molecule has 2 fully saturated rings. The minimum Gasteiger partial charge on any atom is -0.411 e. The first-order chi connectivity index (χ1) is 9.86. The van der Waals surface area contributed by atoms with Crippen LogP contribution in [-0.4, -0.2) is 52.9 Å². The summed E-state index contributed by atoms with van der Waals surface area (Å²) in [7, 11) is 0. The first-order valence-electron chi connectivity index (χ1n) is 7.58. The third-order valence-electron chi connectivity index (χ3n) is 4.52. The van der Waals surface area contributed by atoms with Gasteiger partial charge in [0.05, 0.1) is 11.8 Å². The summed E-state index contributed by atoms with van der Waals surface area (Å²) >= 11 is 0. The van der Waals surface area contributed by atoms with Crippen molar-refractivity contribution >= 4 is 5.71 Å². The third kappa shape index (κ3) is 3.02. The summed E-state index contributed by atoms with van der Waals surface area (Å²) in [5.41, 5.74) is 2.38. The average molecular weight is 273 g/mol. The average Bonchev–Trinajstić information content (AvgIpc) is 2.98. The van der Waals surface area contributed by atoms with Gasteiger partial charge >= 0.3 is 0 Å². The molecule has 4 heteroatoms. The Kier molecular flexibility index (Phi) is 4.33. The normalized spacial score (nSPS) is 27.2. The molecule has 108 valence electrons. The lowest BCUT2D eigenvalue weighted by molar-refractivity contribution is 0.112. The molecule has 0 aromatic heterocycles. The zero-order valence-corrected chi connectivity index (χ0v) is 11.9. The standard InChI is InChI=1S/C16H23N3O/c20-17-15-7-4-8-16(15)19-11-9-18(10-12-19)13-14-5-2-1-3-6-14/h1-3,5-6,16,20H,4,7-13H2/b17-15+/t16-/m0/s1. The van der Waals surface area contributed by atoms with Gasteiger partial charge in [0.15, 0.2) is 0 Å². The van der Waals surface area contributed by atoms with Crippen LogP contribution in [-0.2, 0) is 6.54 Å². The van der Waals surface area contributed by atoms with E-state index >= 15 is 0 Å². The highest BCUT2D eigenvalue weighted by Gasteiger charge is 2.31. The van der Waals surface area contributed by atoms with Gasteiger partial charge in [-0.15, -0.1) is 0 Å². The van der Waals surface area contributed by atoms with Crippen molar-refractivity contribution in [2.75, 3.05) is 26.2 Å². The van der Waals surface area contributed by atoms with Gasteiger partial charge in [0.25, 0.3) is 0 Å². The van der Waals surface area contributed by atoms with E-state index in [9.17, 15) is 0 Å². The van der Waals surface area contributed by atoms with Crippen molar-refractivity contribution in [3.8, 4) is 0 Å². The highest BCUT2D eigenvalue weighted by atomic mass is 16.4. The Morgan fingerprint density at radius 3 is 2.55 bits per heavy atom. The minimum absolute atomic E-state index is 0.388. The third-order valence-corrected chi connectivity index (χ3v) is 4.52. The van der Waals surface area contributed by atoms with Gasteiger partial charge in [0.1, 0.15) is 0 Å². The van der Waals surface area contributed by atoms with Gasteiger partial charge in [-0.25, -0.2) is 0 Å². The Bertz CT molecular complexity index is 452. The molecule has 0 radical (unpaired) electrons. The molecule has 1 aromatic carbocycles. The van der Waals surface area contributed by atoms with E-state index in [1.807, 2.05) is 0 Å². The Labute approximate surface area is 120 Å². The topological polar surface area (TPSA) is 39.1 Å². The Morgan fingerprint density at radius 1 is 1.10 bits per heavy atom. The molecular weight excluding hydrogens is 250 g/mol. The molecule has 1 aromatic rings. The number of hydrogen-bond donors (Lipinski definition) is 1. The van der Waals surface area contributed by atoms with Crippen molar-refractivity contribution in [2.24, 2.45) is 5.16 Å². The van der Waals surface area contributed by atoms with E-state index in [-0.39, 0.29) is 0 Å². The quantitative estimate of drug-likeness (QED) is 0.678. The molecule has 4 nitrogen and oxygen atoms in total. The Morgan fingerprint density at radius 2 is 1.85 bits per heavy atom. The van der Waals surface area contributed by atoms with E-state index < -0.39 is 0 Å². The Hall–Kier alpha value is -1.39. The van der Waals surface area contributed by atoms with Crippen molar-refractivity contribution < 1.29 is 5.21 Å². The van der Waals surface area contributed by atoms with Crippen molar-refractivity contribution in [1.29, 1.82) is 0 Å². The largest absolute Gasteiger partial charge is 0.411 e. The number of oxime groups is 1. The fraction of sp³-hybridized carbons (Fsp3) is 0.562. The molecule has 0 bridgehead atoms. The fourth-order valence-corrected chi connectivity index (χ4v) is 3.39. The molecule has 1 heterocycles. The van der Waals surface area contributed by atoms with Gasteiger partial charge in [0, 0.05) is 32.7 Å². The molecule has 3 rings (SSSR count). The number of rotatable bonds is 3. The van der Waals surface area contributed by atoms with E-state index in [0.717, 1.165) is 57.7 Å². The van der Waals surface area contributed by atoms with E-state index in [0.29, 0.717) is 6.04 Å². The van der Waals surface area contributed by atoms with Gasteiger partial charge in [-0.1, -0.05) is 35.5 Å². The zero-order chi connectivity index (χ0) is 13.8. The van der Waals surface area contributed by atoms with Crippen LogP contribution in [0, 0.1) is 0 Å². The molecule has 1 atom stereocenters. The van der Waals surface area contributed by atoms with Gasteiger partial charge in [-0.3, -0.25) is 9.80 Å². The summed E-state index contributed by atoms with van der Waals surface area (Å²) in [5.74, 6) is 0. The first kappa shape index (κ1) is 13.6. The highest BCUT2D eigenvalue weighted by molar-refractivity contribution is 5.90. The van der Waals surface area contributed by atoms with Gasteiger partial charge in [0.2, 0.25) is 0 Å². The van der Waals surface area contributed by atoms with Crippen LogP contribution in [0.1, 0.15) is 24.8 Å². The second-order valence-electron chi connectivity index (χ2n) is 5.80. The molecule has 2 aliphatic rings. The number of benzene rings is 1. The molecular formula is C16H23N3O. The zero-order valence-electron chi connectivity index (χ0n) is 11.9. The summed E-state index contributed by atoms with van der Waals surface area (Å²) in [6.07, 6.45) is 3.28. The monoisotopic (exact) mass is 273 g/mol. The molecule has 1 saturated heterocycles. The number of nitrogens with zero attached hydrogens (tertiary/aromatic N) is 3. The lowest BCUT2D eigenvalue weighted by atomic mass is 10.1. The van der Waals surface area contributed by atoms with Gasteiger partial charge in [-0.2, -0.15) is 0 Å². The second kappa shape index (κ2) is 6.37. The molecule has 0 amide bonds. The van der Waals surface area contributed by atoms with Crippen molar-refractivity contribution in [3.63, 3.8) is 0 Å². The van der Waals surface area contributed by atoms with Crippen LogP contribution in [0.3, 0.4) is 0 Å². The van der Waals surface area contributed by atoms with Crippen LogP contribution in [0.2, 0.25) is 0 Å². The van der Waals surface area contributed by atoms with Gasteiger partial charge < -0.3 is 5.21 Å². The fourth-order valence-electron chi connectivity index (χ4n) is 3.39. The van der Waals surface area contributed by atoms with E-state index in [1.54, 1.807) is 0 Å². The predicted molar refractivity (Wildman–Crippen MR) is 80.2 cm³/mol. The second-order valence-corrected chi connectivity index (χ2v) is 5.80. The maximum Gasteiger partial charge on any atom is 0.0742 e. The summed E-state index contributed by atoms with van der Waals surface area (Å²) in [6, 6.07) is 11.1. The van der Waals surface area contributed by atoms with Crippen molar-refractivity contribution in [1.82, 2.24) is 9.80 Å². The van der Waals surface area contributed by atoms with Crippen molar-refractivity contribution in [3.05, 3.63) is 35.9 Å². The smallest absolute Gasteiger partial charge is 0.0742 e. The molecule has 1 aliphatic carbocycles. The van der Waals surface area contributed by atoms with E-state index in [1.165, 1.54) is 5.56 Å². The van der Waals surface area contributed by atoms with E-state index in [4.69, 9.17) is 5.21 Å². The summed E-state index contributed by atoms with van der Waals surface area (Å²) in [5, 5.41) is 12.6. The van der Waals surface area contributed by atoms with Crippen LogP contribution in [0.25, 0.3) is 0 Å². The molecule has 1 saturated carbocycles. The summed E-state index contributed by atoms with van der Waals surface area (Å²) in [4.78, 5) is 5.00. The Balaban J connectivity index is 1.52. The first-order valence-corrected chi connectivity index (χ1v) is 7.58. The van der Waals surface area contributed by atoms with Gasteiger partial charge in [-0.05, 0) is 24.8 Å². The van der Waals surface area contributed by atoms with Crippen molar-refractivity contribution in [2.45, 2.75) is 31.8 Å². The van der Waals surface area contributed by atoms with Crippen LogP contribution in [0.15, 0.2) is 35.5 Å². The number of piperazine rings is 1. The summed E-state index contributed by atoms with van der Waals surface area (Å²) < 4.78 is 0. The lowest BCUT2D eigenvalue weighted by Gasteiger charge is -2.38. The lowest BCUT2D eigenvalue weighted by Crippen LogP contribution is -2.51. The molecule has 0 unspecified atom stereocenters. The minimum atomic E-state index is 0.388. The SMILES string of the molecule is O/N=C1\CCC[C@@H]1N1CCN(Cc2ccccc2)CC1. The van der Waals surface area contributed by atoms with E-state index in [2.05, 4.69) is 45.3 Å². The maximum atomic E-state index is 9.06. The molecule has 1 aliphatic heterocycles. The number of hydrogen-bond acceptors (Lipinski definition) is 4. The predicted octanol–water partition coefficient (Wildman–Crippen LogP) is 2.19.